The lowest BCUT2D eigenvalue weighted by atomic mass is 10.2. The van der Waals surface area contributed by atoms with Crippen LogP contribution in [0.25, 0.3) is 0 Å². The smallest absolute Gasteiger partial charge is 0.325 e. The van der Waals surface area contributed by atoms with Gasteiger partial charge < -0.3 is 21.3 Å². The number of carbonyl (C=O) groups excluding carboxylic acids is 1. The molecule has 0 aliphatic heterocycles. The number of nitrogens with one attached hydrogen (secondary N) is 1. The number of aliphatic carboxylic acids is 1. The van der Waals surface area contributed by atoms with Crippen LogP contribution in [0.15, 0.2) is 0 Å². The molecule has 2 atom stereocenters. The Hall–Kier alpha value is -1.28. The molecule has 17 heavy (non-hydrogen) atoms. The van der Waals surface area contributed by atoms with E-state index in [1.54, 1.807) is 11.8 Å². The predicted molar refractivity (Wildman–Crippen MR) is 64.9 cm³/mol. The highest BCUT2D eigenvalue weighted by Gasteiger charge is 2.18. The van der Waals surface area contributed by atoms with E-state index < -0.39 is 24.0 Å². The van der Waals surface area contributed by atoms with E-state index >= 15 is 0 Å². The van der Waals surface area contributed by atoms with Crippen molar-refractivity contribution in [2.45, 2.75) is 25.4 Å². The molecule has 0 saturated carbocycles. The van der Waals surface area contributed by atoms with Gasteiger partial charge in [0.2, 0.25) is 5.91 Å². The average Bonchev–Trinajstić information content (AvgIpc) is 2.26. The van der Waals surface area contributed by atoms with Crippen LogP contribution in [0.3, 0.4) is 0 Å². The van der Waals surface area contributed by atoms with Gasteiger partial charge in [-0.25, -0.2) is 0 Å². The van der Waals surface area contributed by atoms with E-state index in [0.29, 0.717) is 6.42 Å². The standard InChI is InChI=1S/C8H16N2O3S.CH2O2/c1-5(8(12)13)10-7(11)6(9)3-4-14-2;2-1-3/h5-6H,3-4,9H2,1-2H3,(H,10,11)(H,12,13);1H,(H,2,3). The van der Waals surface area contributed by atoms with Gasteiger partial charge in [0.1, 0.15) is 6.04 Å². The molecular weight excluding hydrogens is 248 g/mol. The minimum Gasteiger partial charge on any atom is -0.483 e. The minimum absolute atomic E-state index is 0.250. The number of thioether (sulfide) groups is 1. The molecule has 0 fully saturated rings. The highest BCUT2D eigenvalue weighted by molar-refractivity contribution is 7.98. The number of carbonyl (C=O) groups is 3. The summed E-state index contributed by atoms with van der Waals surface area (Å²) in [5.74, 6) is -0.680. The van der Waals surface area contributed by atoms with Crippen molar-refractivity contribution in [3.63, 3.8) is 0 Å². The van der Waals surface area contributed by atoms with Crippen molar-refractivity contribution >= 4 is 30.1 Å². The molecule has 5 N–H and O–H groups in total. The molecule has 8 heteroatoms. The molecule has 0 rings (SSSR count). The molecular formula is C9H18N2O5S. The third kappa shape index (κ3) is 11.0. The van der Waals surface area contributed by atoms with Gasteiger partial charge in [-0.3, -0.25) is 14.4 Å². The van der Waals surface area contributed by atoms with Crippen molar-refractivity contribution in [1.82, 2.24) is 5.32 Å². The maximum Gasteiger partial charge on any atom is 0.325 e. The molecule has 0 radical (unpaired) electrons. The van der Waals surface area contributed by atoms with Gasteiger partial charge in [0.25, 0.3) is 6.47 Å². The normalized spacial score (nSPS) is 12.6. The van der Waals surface area contributed by atoms with Crippen LogP contribution >= 0.6 is 11.8 Å². The Labute approximate surface area is 104 Å². The molecule has 1 amide bonds. The summed E-state index contributed by atoms with van der Waals surface area (Å²) in [7, 11) is 0. The third-order valence-electron chi connectivity index (χ3n) is 1.70. The summed E-state index contributed by atoms with van der Waals surface area (Å²) in [6.07, 6.45) is 2.48. The quantitative estimate of drug-likeness (QED) is 0.470. The van der Waals surface area contributed by atoms with E-state index in [0.717, 1.165) is 5.75 Å². The molecule has 0 aliphatic carbocycles. The molecule has 0 saturated heterocycles. The van der Waals surface area contributed by atoms with Crippen LogP contribution in [-0.2, 0) is 14.4 Å². The molecule has 0 spiro atoms. The van der Waals surface area contributed by atoms with Crippen molar-refractivity contribution in [2.24, 2.45) is 5.73 Å². The molecule has 2 unspecified atom stereocenters. The number of hydrogen-bond donors (Lipinski definition) is 4. The first-order valence-electron chi connectivity index (χ1n) is 4.76. The zero-order chi connectivity index (χ0) is 13.8. The Morgan fingerprint density at radius 2 is 2.00 bits per heavy atom. The first-order chi connectivity index (χ1) is 7.90. The van der Waals surface area contributed by atoms with Crippen molar-refractivity contribution < 1.29 is 24.6 Å². The van der Waals surface area contributed by atoms with Crippen molar-refractivity contribution in [1.29, 1.82) is 0 Å². The Kier molecular flexibility index (Phi) is 11.9. The van der Waals surface area contributed by atoms with Crippen LogP contribution in [0.4, 0.5) is 0 Å². The Balaban J connectivity index is 0. The van der Waals surface area contributed by atoms with Crippen LogP contribution in [0.5, 0.6) is 0 Å². The van der Waals surface area contributed by atoms with E-state index in [1.165, 1.54) is 6.92 Å². The van der Waals surface area contributed by atoms with E-state index in [2.05, 4.69) is 5.32 Å². The fourth-order valence-corrected chi connectivity index (χ4v) is 1.25. The van der Waals surface area contributed by atoms with Gasteiger partial charge in [0.05, 0.1) is 6.04 Å². The van der Waals surface area contributed by atoms with E-state index in [4.69, 9.17) is 20.7 Å². The second-order valence-electron chi connectivity index (χ2n) is 3.06. The lowest BCUT2D eigenvalue weighted by molar-refractivity contribution is -0.141. The van der Waals surface area contributed by atoms with Gasteiger partial charge in [0.15, 0.2) is 0 Å². The van der Waals surface area contributed by atoms with Gasteiger partial charge >= 0.3 is 5.97 Å². The SMILES string of the molecule is CSCCC(N)C(=O)NC(C)C(=O)O.O=CO. The van der Waals surface area contributed by atoms with Gasteiger partial charge in [-0.15, -0.1) is 0 Å². The topological polar surface area (TPSA) is 130 Å². The minimum atomic E-state index is -1.06. The average molecular weight is 266 g/mol. The van der Waals surface area contributed by atoms with E-state index in [-0.39, 0.29) is 6.47 Å². The molecule has 0 aromatic carbocycles. The second kappa shape index (κ2) is 11.2. The first-order valence-corrected chi connectivity index (χ1v) is 6.15. The number of carboxylic acids is 1. The molecule has 0 aliphatic rings. The Bertz CT molecular complexity index is 250. The molecule has 0 heterocycles. The van der Waals surface area contributed by atoms with Crippen molar-refractivity contribution in [3.8, 4) is 0 Å². The highest BCUT2D eigenvalue weighted by Crippen LogP contribution is 1.99. The highest BCUT2D eigenvalue weighted by atomic mass is 32.2. The Morgan fingerprint density at radius 3 is 2.35 bits per heavy atom. The summed E-state index contributed by atoms with van der Waals surface area (Å²) >= 11 is 1.60. The van der Waals surface area contributed by atoms with Gasteiger partial charge in [-0.05, 0) is 25.4 Å². The molecule has 0 aromatic rings. The first kappa shape index (κ1) is 18.1. The van der Waals surface area contributed by atoms with E-state index in [9.17, 15) is 9.59 Å². The maximum atomic E-state index is 11.3. The maximum absolute atomic E-state index is 11.3. The summed E-state index contributed by atoms with van der Waals surface area (Å²) < 4.78 is 0. The van der Waals surface area contributed by atoms with Gasteiger partial charge in [-0.2, -0.15) is 11.8 Å². The number of hydrogen-bond acceptors (Lipinski definition) is 5. The van der Waals surface area contributed by atoms with Crippen molar-refractivity contribution in [3.05, 3.63) is 0 Å². The molecule has 7 nitrogen and oxygen atoms in total. The number of rotatable bonds is 6. The number of carboxylic acid groups (broad SMARTS) is 2. The summed E-state index contributed by atoms with van der Waals surface area (Å²) in [5, 5.41) is 17.7. The largest absolute Gasteiger partial charge is 0.483 e. The van der Waals surface area contributed by atoms with Gasteiger partial charge in [-0.1, -0.05) is 0 Å². The van der Waals surface area contributed by atoms with Crippen LogP contribution in [0.1, 0.15) is 13.3 Å². The number of amides is 1. The van der Waals surface area contributed by atoms with Gasteiger partial charge in [0, 0.05) is 0 Å². The second-order valence-corrected chi connectivity index (χ2v) is 4.05. The summed E-state index contributed by atoms with van der Waals surface area (Å²) in [5.41, 5.74) is 5.53. The van der Waals surface area contributed by atoms with Crippen LogP contribution in [0, 0.1) is 0 Å². The lowest BCUT2D eigenvalue weighted by Crippen LogP contribution is -2.47. The molecule has 0 bridgehead atoms. The monoisotopic (exact) mass is 266 g/mol. The predicted octanol–water partition coefficient (Wildman–Crippen LogP) is -0.643. The van der Waals surface area contributed by atoms with Crippen LogP contribution in [-0.4, -0.2) is 52.7 Å². The summed E-state index contributed by atoms with van der Waals surface area (Å²) in [4.78, 5) is 30.0. The summed E-state index contributed by atoms with van der Waals surface area (Å²) in [6.45, 7) is 1.15. The zero-order valence-corrected chi connectivity index (χ0v) is 10.6. The molecule has 100 valence electrons. The van der Waals surface area contributed by atoms with Crippen LogP contribution < -0.4 is 11.1 Å². The number of nitrogens with two attached hydrogens (primary N) is 1. The van der Waals surface area contributed by atoms with E-state index in [1.807, 2.05) is 6.26 Å². The fraction of sp³-hybridized carbons (Fsp3) is 0.667. The lowest BCUT2D eigenvalue weighted by Gasteiger charge is -2.13. The van der Waals surface area contributed by atoms with Crippen LogP contribution in [0.2, 0.25) is 0 Å². The Morgan fingerprint density at radius 1 is 1.53 bits per heavy atom. The fourth-order valence-electron chi connectivity index (χ4n) is 0.758. The van der Waals surface area contributed by atoms with Crippen molar-refractivity contribution in [2.75, 3.05) is 12.0 Å². The molecule has 0 aromatic heterocycles. The zero-order valence-electron chi connectivity index (χ0n) is 9.75. The summed E-state index contributed by atoms with van der Waals surface area (Å²) in [6, 6.07) is -1.51. The third-order valence-corrected chi connectivity index (χ3v) is 2.34.